The first-order chi connectivity index (χ1) is 11.6. The molecule has 0 radical (unpaired) electrons. The van der Waals surface area contributed by atoms with Crippen molar-refractivity contribution in [2.24, 2.45) is 0 Å². The third kappa shape index (κ3) is 7.36. The summed E-state index contributed by atoms with van der Waals surface area (Å²) in [5, 5.41) is 24.2. The van der Waals surface area contributed by atoms with Gasteiger partial charge in [-0.25, -0.2) is 4.79 Å². The molecule has 0 bridgehead atoms. The maximum Gasteiger partial charge on any atom is 0.490 e. The SMILES string of the molecule is Cc1[nH]ncc1CN(C)CC(O)c1ccccc1.O=C(O)C(F)(F)F. The summed E-state index contributed by atoms with van der Waals surface area (Å²) in [6.45, 7) is 3.39. The van der Waals surface area contributed by atoms with E-state index in [4.69, 9.17) is 9.90 Å². The van der Waals surface area contributed by atoms with Crippen molar-refractivity contribution in [1.82, 2.24) is 15.1 Å². The van der Waals surface area contributed by atoms with E-state index in [2.05, 4.69) is 15.1 Å². The van der Waals surface area contributed by atoms with Gasteiger partial charge in [0.1, 0.15) is 0 Å². The molecule has 0 aliphatic carbocycles. The number of aromatic amines is 1. The number of hydrogen-bond acceptors (Lipinski definition) is 4. The number of aliphatic hydroxyl groups excluding tert-OH is 1. The maximum absolute atomic E-state index is 10.6. The van der Waals surface area contributed by atoms with Gasteiger partial charge in [0, 0.05) is 24.3 Å². The lowest BCUT2D eigenvalue weighted by Gasteiger charge is -2.20. The standard InChI is InChI=1S/C14H19N3O.C2HF3O2/c1-11-13(8-15-16-11)9-17(2)10-14(18)12-6-4-3-5-7-12;3-2(4,5)1(6)7/h3-8,14,18H,9-10H2,1-2H3,(H,15,16);(H,6,7). The second kappa shape index (κ2) is 9.19. The first-order valence-electron chi connectivity index (χ1n) is 7.31. The fraction of sp³-hybridized carbons (Fsp3) is 0.375. The van der Waals surface area contributed by atoms with Crippen molar-refractivity contribution in [1.29, 1.82) is 0 Å². The summed E-state index contributed by atoms with van der Waals surface area (Å²) in [7, 11) is 2.00. The van der Waals surface area contributed by atoms with Crippen molar-refractivity contribution < 1.29 is 28.2 Å². The second-order valence-corrected chi connectivity index (χ2v) is 5.45. The maximum atomic E-state index is 10.6. The predicted molar refractivity (Wildman–Crippen MR) is 84.8 cm³/mol. The molecule has 2 aromatic rings. The van der Waals surface area contributed by atoms with Gasteiger partial charge in [0.25, 0.3) is 0 Å². The van der Waals surface area contributed by atoms with E-state index in [-0.39, 0.29) is 0 Å². The number of benzene rings is 1. The van der Waals surface area contributed by atoms with Gasteiger partial charge in [0.2, 0.25) is 0 Å². The van der Waals surface area contributed by atoms with E-state index in [1.807, 2.05) is 50.5 Å². The fourth-order valence-corrected chi connectivity index (χ4v) is 1.97. The monoisotopic (exact) mass is 359 g/mol. The van der Waals surface area contributed by atoms with Crippen LogP contribution in [0.25, 0.3) is 0 Å². The smallest absolute Gasteiger partial charge is 0.475 e. The number of carbonyl (C=O) groups is 1. The Morgan fingerprint density at radius 1 is 1.32 bits per heavy atom. The van der Waals surface area contributed by atoms with E-state index in [0.29, 0.717) is 6.54 Å². The molecule has 3 N–H and O–H groups in total. The van der Waals surface area contributed by atoms with Crippen LogP contribution in [0.15, 0.2) is 36.5 Å². The number of carboxylic acids is 1. The van der Waals surface area contributed by atoms with Gasteiger partial charge in [-0.15, -0.1) is 0 Å². The van der Waals surface area contributed by atoms with E-state index in [9.17, 15) is 18.3 Å². The number of nitrogens with zero attached hydrogens (tertiary/aromatic N) is 2. The number of aromatic nitrogens is 2. The Morgan fingerprint density at radius 3 is 2.32 bits per heavy atom. The van der Waals surface area contributed by atoms with E-state index < -0.39 is 18.2 Å². The number of carboxylic acid groups (broad SMARTS) is 1. The van der Waals surface area contributed by atoms with Gasteiger partial charge >= 0.3 is 12.1 Å². The van der Waals surface area contributed by atoms with Crippen molar-refractivity contribution in [3.05, 3.63) is 53.3 Å². The zero-order chi connectivity index (χ0) is 19.0. The Labute approximate surface area is 142 Å². The van der Waals surface area contributed by atoms with Crippen molar-refractivity contribution in [3.63, 3.8) is 0 Å². The molecule has 0 fully saturated rings. The highest BCUT2D eigenvalue weighted by atomic mass is 19.4. The number of nitrogens with one attached hydrogen (secondary N) is 1. The number of rotatable bonds is 5. The molecule has 1 heterocycles. The van der Waals surface area contributed by atoms with Crippen LogP contribution in [-0.4, -0.2) is 51.0 Å². The molecule has 0 amide bonds. The van der Waals surface area contributed by atoms with Crippen LogP contribution in [0, 0.1) is 6.92 Å². The fourth-order valence-electron chi connectivity index (χ4n) is 1.97. The molecule has 0 aliphatic heterocycles. The Morgan fingerprint density at radius 2 is 1.88 bits per heavy atom. The number of hydrogen-bond donors (Lipinski definition) is 3. The summed E-state index contributed by atoms with van der Waals surface area (Å²) in [5.74, 6) is -2.76. The number of aryl methyl sites for hydroxylation is 1. The van der Waals surface area contributed by atoms with E-state index in [1.165, 1.54) is 0 Å². The van der Waals surface area contributed by atoms with Crippen LogP contribution in [0.3, 0.4) is 0 Å². The van der Waals surface area contributed by atoms with E-state index in [1.54, 1.807) is 0 Å². The molecule has 0 spiro atoms. The number of halogens is 3. The van der Waals surface area contributed by atoms with Crippen LogP contribution in [0.5, 0.6) is 0 Å². The van der Waals surface area contributed by atoms with Crippen LogP contribution in [0.4, 0.5) is 13.2 Å². The van der Waals surface area contributed by atoms with Crippen LogP contribution in [0.1, 0.15) is 22.9 Å². The van der Waals surface area contributed by atoms with Crippen molar-refractivity contribution >= 4 is 5.97 Å². The average molecular weight is 359 g/mol. The Hall–Kier alpha value is -2.39. The summed E-state index contributed by atoms with van der Waals surface area (Å²) < 4.78 is 31.7. The largest absolute Gasteiger partial charge is 0.490 e. The van der Waals surface area contributed by atoms with Crippen LogP contribution < -0.4 is 0 Å². The van der Waals surface area contributed by atoms with Gasteiger partial charge in [-0.2, -0.15) is 18.3 Å². The Kier molecular flexibility index (Phi) is 7.59. The van der Waals surface area contributed by atoms with Crippen LogP contribution in [0.2, 0.25) is 0 Å². The zero-order valence-corrected chi connectivity index (χ0v) is 13.8. The Bertz CT molecular complexity index is 659. The molecule has 138 valence electrons. The lowest BCUT2D eigenvalue weighted by Crippen LogP contribution is -2.24. The van der Waals surface area contributed by atoms with Gasteiger partial charge in [0.05, 0.1) is 12.3 Å². The molecular weight excluding hydrogens is 339 g/mol. The minimum atomic E-state index is -5.08. The first-order valence-corrected chi connectivity index (χ1v) is 7.31. The molecule has 0 saturated heterocycles. The minimum absolute atomic E-state index is 0.455. The van der Waals surface area contributed by atoms with Gasteiger partial charge in [-0.3, -0.25) is 10.00 Å². The number of alkyl halides is 3. The average Bonchev–Trinajstić information content (AvgIpc) is 2.92. The molecule has 1 unspecified atom stereocenters. The minimum Gasteiger partial charge on any atom is -0.475 e. The molecule has 1 aromatic heterocycles. The topological polar surface area (TPSA) is 89.5 Å². The highest BCUT2D eigenvalue weighted by molar-refractivity contribution is 5.73. The van der Waals surface area contributed by atoms with Crippen LogP contribution in [-0.2, 0) is 11.3 Å². The zero-order valence-electron chi connectivity index (χ0n) is 13.8. The normalized spacial score (nSPS) is 12.4. The van der Waals surface area contributed by atoms with Gasteiger partial charge in [-0.1, -0.05) is 30.3 Å². The van der Waals surface area contributed by atoms with Gasteiger partial charge in [0.15, 0.2) is 0 Å². The van der Waals surface area contributed by atoms with Gasteiger partial charge < -0.3 is 10.2 Å². The van der Waals surface area contributed by atoms with Gasteiger partial charge in [-0.05, 0) is 19.5 Å². The molecule has 0 aliphatic rings. The summed E-state index contributed by atoms with van der Waals surface area (Å²) >= 11 is 0. The van der Waals surface area contributed by atoms with Crippen molar-refractivity contribution in [3.8, 4) is 0 Å². The lowest BCUT2D eigenvalue weighted by atomic mass is 10.1. The second-order valence-electron chi connectivity index (χ2n) is 5.45. The highest BCUT2D eigenvalue weighted by Gasteiger charge is 2.38. The lowest BCUT2D eigenvalue weighted by molar-refractivity contribution is -0.192. The van der Waals surface area contributed by atoms with E-state index >= 15 is 0 Å². The summed E-state index contributed by atoms with van der Waals surface area (Å²) in [5.41, 5.74) is 3.20. The Balaban J connectivity index is 0.000000381. The summed E-state index contributed by atoms with van der Waals surface area (Å²) in [4.78, 5) is 11.0. The molecule has 9 heteroatoms. The van der Waals surface area contributed by atoms with Crippen molar-refractivity contribution in [2.45, 2.75) is 25.7 Å². The predicted octanol–water partition coefficient (Wildman–Crippen LogP) is 2.52. The number of aliphatic carboxylic acids is 1. The summed E-state index contributed by atoms with van der Waals surface area (Å²) in [6.07, 6.45) is -3.70. The number of aliphatic hydroxyl groups is 1. The first kappa shape index (κ1) is 20.7. The molecule has 25 heavy (non-hydrogen) atoms. The summed E-state index contributed by atoms with van der Waals surface area (Å²) in [6, 6.07) is 9.73. The van der Waals surface area contributed by atoms with E-state index in [0.717, 1.165) is 23.4 Å². The van der Waals surface area contributed by atoms with Crippen LogP contribution >= 0.6 is 0 Å². The quantitative estimate of drug-likeness (QED) is 0.763. The third-order valence-electron chi connectivity index (χ3n) is 3.29. The number of H-pyrrole nitrogens is 1. The molecule has 1 aromatic carbocycles. The molecular formula is C16H20F3N3O3. The molecule has 6 nitrogen and oxygen atoms in total. The highest BCUT2D eigenvalue weighted by Crippen LogP contribution is 2.15. The molecule has 2 rings (SSSR count). The third-order valence-corrected chi connectivity index (χ3v) is 3.29. The molecule has 0 saturated carbocycles. The number of likely N-dealkylation sites (N-methyl/N-ethyl adjacent to an activating group) is 1. The van der Waals surface area contributed by atoms with Crippen molar-refractivity contribution in [2.75, 3.05) is 13.6 Å². The molecule has 1 atom stereocenters.